The number of carbonyl (C=O) groups is 1. The Labute approximate surface area is 90.4 Å². The van der Waals surface area contributed by atoms with E-state index in [0.717, 1.165) is 0 Å². The van der Waals surface area contributed by atoms with Crippen LogP contribution in [0, 0.1) is 0 Å². The van der Waals surface area contributed by atoms with Gasteiger partial charge in [-0.05, 0) is 12.1 Å². The van der Waals surface area contributed by atoms with E-state index in [2.05, 4.69) is 5.32 Å². The Kier molecular flexibility index (Phi) is 2.32. The van der Waals surface area contributed by atoms with Crippen LogP contribution in [-0.2, 0) is 13.8 Å². The van der Waals surface area contributed by atoms with Crippen LogP contribution in [0.2, 0.25) is 0 Å². The van der Waals surface area contributed by atoms with Gasteiger partial charge >= 0.3 is 0 Å². The number of benzene rings is 1. The molecule has 0 spiro atoms. The highest BCUT2D eigenvalue weighted by molar-refractivity contribution is 8.13. The first-order valence-corrected chi connectivity index (χ1v) is 6.29. The van der Waals surface area contributed by atoms with Gasteiger partial charge in [0.05, 0.1) is 10.6 Å². The van der Waals surface area contributed by atoms with Crippen molar-refractivity contribution in [1.29, 1.82) is 0 Å². The van der Waals surface area contributed by atoms with Gasteiger partial charge in [0.2, 0.25) is 0 Å². The number of fused-ring (bicyclic) bond motifs is 1. The van der Waals surface area contributed by atoms with E-state index < -0.39 is 9.05 Å². The van der Waals surface area contributed by atoms with Crippen molar-refractivity contribution in [1.82, 2.24) is 0 Å². The number of halogens is 1. The second-order valence-corrected chi connectivity index (χ2v) is 5.50. The largest absolute Gasteiger partial charge is 0.482 e. The molecule has 0 atom stereocenters. The molecule has 0 bridgehead atoms. The van der Waals surface area contributed by atoms with Gasteiger partial charge in [0.15, 0.2) is 6.61 Å². The minimum atomic E-state index is -3.77. The lowest BCUT2D eigenvalue weighted by Gasteiger charge is -2.17. The zero-order valence-electron chi connectivity index (χ0n) is 7.36. The first-order valence-electron chi connectivity index (χ1n) is 3.98. The topological polar surface area (TPSA) is 72.5 Å². The molecule has 1 heterocycles. The van der Waals surface area contributed by atoms with Gasteiger partial charge in [0.1, 0.15) is 5.75 Å². The van der Waals surface area contributed by atoms with Crippen molar-refractivity contribution in [3.8, 4) is 5.75 Å². The summed E-state index contributed by atoms with van der Waals surface area (Å²) in [7, 11) is 1.39. The van der Waals surface area contributed by atoms with Crippen LogP contribution >= 0.6 is 10.7 Å². The molecule has 1 aromatic carbocycles. The number of hydrogen-bond donors (Lipinski definition) is 1. The Morgan fingerprint density at radius 3 is 2.80 bits per heavy atom. The minimum absolute atomic E-state index is 0.0564. The first-order chi connectivity index (χ1) is 6.97. The van der Waals surface area contributed by atoms with E-state index in [1.807, 2.05) is 0 Å². The molecule has 1 N–H and O–H groups in total. The molecule has 1 amide bonds. The Bertz CT molecular complexity index is 525. The fourth-order valence-corrected chi connectivity index (χ4v) is 1.97. The predicted molar refractivity (Wildman–Crippen MR) is 53.6 cm³/mol. The lowest BCUT2D eigenvalue weighted by Crippen LogP contribution is -2.25. The zero-order chi connectivity index (χ0) is 11.1. The lowest BCUT2D eigenvalue weighted by molar-refractivity contribution is -0.118. The number of rotatable bonds is 1. The molecular formula is C8H6ClNO4S. The molecule has 0 radical (unpaired) electrons. The first kappa shape index (κ1) is 10.3. The molecule has 0 unspecified atom stereocenters. The molecule has 5 nitrogen and oxygen atoms in total. The van der Waals surface area contributed by atoms with Gasteiger partial charge in [0.25, 0.3) is 15.0 Å². The van der Waals surface area contributed by atoms with Crippen molar-refractivity contribution in [2.75, 3.05) is 11.9 Å². The Hall–Kier alpha value is -1.27. The van der Waals surface area contributed by atoms with Crippen molar-refractivity contribution in [3.05, 3.63) is 18.2 Å². The smallest absolute Gasteiger partial charge is 0.262 e. The predicted octanol–water partition coefficient (Wildman–Crippen LogP) is 0.945. The molecule has 2 rings (SSSR count). The van der Waals surface area contributed by atoms with Crippen LogP contribution in [0.1, 0.15) is 0 Å². The lowest BCUT2D eigenvalue weighted by atomic mass is 10.2. The highest BCUT2D eigenvalue weighted by Gasteiger charge is 2.19. The van der Waals surface area contributed by atoms with E-state index in [-0.39, 0.29) is 17.4 Å². The summed E-state index contributed by atoms with van der Waals surface area (Å²) in [5, 5.41) is 2.54. The molecule has 7 heteroatoms. The second kappa shape index (κ2) is 3.39. The summed E-state index contributed by atoms with van der Waals surface area (Å²) in [5.41, 5.74) is 0.440. The molecule has 1 aliphatic heterocycles. The number of amides is 1. The molecule has 80 valence electrons. The van der Waals surface area contributed by atoms with Crippen molar-refractivity contribution in [3.63, 3.8) is 0 Å². The number of nitrogens with one attached hydrogen (secondary N) is 1. The van der Waals surface area contributed by atoms with Crippen molar-refractivity contribution < 1.29 is 17.9 Å². The highest BCUT2D eigenvalue weighted by Crippen LogP contribution is 2.31. The van der Waals surface area contributed by atoms with Gasteiger partial charge in [-0.15, -0.1) is 0 Å². The molecule has 15 heavy (non-hydrogen) atoms. The van der Waals surface area contributed by atoms with Gasteiger partial charge in [-0.3, -0.25) is 4.79 Å². The summed E-state index contributed by atoms with van der Waals surface area (Å²) >= 11 is 0. The minimum Gasteiger partial charge on any atom is -0.482 e. The van der Waals surface area contributed by atoms with E-state index in [4.69, 9.17) is 15.4 Å². The zero-order valence-corrected chi connectivity index (χ0v) is 8.93. The van der Waals surface area contributed by atoms with Gasteiger partial charge in [-0.2, -0.15) is 0 Å². The number of hydrogen-bond acceptors (Lipinski definition) is 4. The maximum Gasteiger partial charge on any atom is 0.262 e. The Morgan fingerprint density at radius 1 is 1.40 bits per heavy atom. The summed E-state index contributed by atoms with van der Waals surface area (Å²) in [6.07, 6.45) is 0. The van der Waals surface area contributed by atoms with Crippen LogP contribution in [0.15, 0.2) is 23.1 Å². The molecular weight excluding hydrogens is 242 g/mol. The van der Waals surface area contributed by atoms with Gasteiger partial charge in [0, 0.05) is 16.7 Å². The molecule has 0 fully saturated rings. The number of ether oxygens (including phenoxy) is 1. The molecule has 0 aliphatic carbocycles. The quantitative estimate of drug-likeness (QED) is 0.750. The van der Waals surface area contributed by atoms with E-state index in [1.165, 1.54) is 18.2 Å². The monoisotopic (exact) mass is 247 g/mol. The average Bonchev–Trinajstić information content (AvgIpc) is 2.15. The third kappa shape index (κ3) is 2.05. The second-order valence-electron chi connectivity index (χ2n) is 2.93. The molecule has 0 aromatic heterocycles. The number of anilines is 1. The number of carbonyl (C=O) groups excluding carboxylic acids is 1. The van der Waals surface area contributed by atoms with Crippen LogP contribution in [-0.4, -0.2) is 20.9 Å². The molecule has 0 saturated heterocycles. The van der Waals surface area contributed by atoms with Crippen LogP contribution in [0.25, 0.3) is 0 Å². The summed E-state index contributed by atoms with van der Waals surface area (Å²) in [6, 6.07) is 4.01. The van der Waals surface area contributed by atoms with E-state index in [1.54, 1.807) is 0 Å². The summed E-state index contributed by atoms with van der Waals surface area (Å²) in [4.78, 5) is 10.9. The molecule has 0 saturated carbocycles. The standard InChI is InChI=1S/C8H6ClNO4S/c9-15(12,13)5-1-2-6-7(3-5)14-4-8(11)10-6/h1-3H,4H2,(H,10,11). The fourth-order valence-electron chi connectivity index (χ4n) is 1.21. The van der Waals surface area contributed by atoms with Crippen molar-refractivity contribution in [2.24, 2.45) is 0 Å². The van der Waals surface area contributed by atoms with Gasteiger partial charge in [-0.25, -0.2) is 8.42 Å². The van der Waals surface area contributed by atoms with Crippen molar-refractivity contribution >= 4 is 31.3 Å². The Balaban J connectivity index is 2.48. The maximum absolute atomic E-state index is 11.0. The maximum atomic E-state index is 11.0. The average molecular weight is 248 g/mol. The van der Waals surface area contributed by atoms with Crippen LogP contribution in [0.3, 0.4) is 0 Å². The normalized spacial score (nSPS) is 15.1. The van der Waals surface area contributed by atoms with Gasteiger partial charge < -0.3 is 10.1 Å². The Morgan fingerprint density at radius 2 is 2.13 bits per heavy atom. The summed E-state index contributed by atoms with van der Waals surface area (Å²) in [5.74, 6) is 0.0281. The van der Waals surface area contributed by atoms with E-state index >= 15 is 0 Å². The van der Waals surface area contributed by atoms with Crippen LogP contribution < -0.4 is 10.1 Å². The van der Waals surface area contributed by atoms with Crippen LogP contribution in [0.4, 0.5) is 5.69 Å². The molecule has 1 aliphatic rings. The van der Waals surface area contributed by atoms with Crippen molar-refractivity contribution in [2.45, 2.75) is 4.90 Å². The third-order valence-corrected chi connectivity index (χ3v) is 3.22. The fraction of sp³-hybridized carbons (Fsp3) is 0.125. The SMILES string of the molecule is O=C1COc2cc(S(=O)(=O)Cl)ccc2N1. The highest BCUT2D eigenvalue weighted by atomic mass is 35.7. The summed E-state index contributed by atoms with van der Waals surface area (Å²) < 4.78 is 27.0. The third-order valence-electron chi connectivity index (χ3n) is 1.87. The van der Waals surface area contributed by atoms with E-state index in [9.17, 15) is 13.2 Å². The van der Waals surface area contributed by atoms with Crippen LogP contribution in [0.5, 0.6) is 5.75 Å². The van der Waals surface area contributed by atoms with E-state index in [0.29, 0.717) is 11.4 Å². The summed E-state index contributed by atoms with van der Waals surface area (Å²) in [6.45, 7) is -0.126. The van der Waals surface area contributed by atoms with Gasteiger partial charge in [-0.1, -0.05) is 0 Å². The molecule has 1 aromatic rings.